The van der Waals surface area contributed by atoms with E-state index in [9.17, 15) is 9.90 Å². The van der Waals surface area contributed by atoms with Crippen molar-refractivity contribution in [2.45, 2.75) is 45.6 Å². The average Bonchev–Trinajstić information content (AvgIpc) is 2.37. The van der Waals surface area contributed by atoms with Gasteiger partial charge in [-0.2, -0.15) is 0 Å². The van der Waals surface area contributed by atoms with E-state index in [0.29, 0.717) is 0 Å². The largest absolute Gasteiger partial charge is 0.480 e. The first-order valence-corrected chi connectivity index (χ1v) is 7.02. The van der Waals surface area contributed by atoms with Crippen LogP contribution in [0.3, 0.4) is 0 Å². The molecule has 0 radical (unpaired) electrons. The molecule has 0 aromatic heterocycles. The van der Waals surface area contributed by atoms with Gasteiger partial charge in [0.05, 0.1) is 0 Å². The third-order valence-electron chi connectivity index (χ3n) is 4.19. The van der Waals surface area contributed by atoms with Gasteiger partial charge in [-0.05, 0) is 52.3 Å². The highest BCUT2D eigenvalue weighted by atomic mass is 16.4. The SMILES string of the molecule is Cc1cc(C)cc(C(C)(C(=O)O)N2CCCCC2)c1. The summed E-state index contributed by atoms with van der Waals surface area (Å²) in [5.41, 5.74) is 2.25. The summed E-state index contributed by atoms with van der Waals surface area (Å²) in [4.78, 5) is 14.0. The molecule has 1 unspecified atom stereocenters. The van der Waals surface area contributed by atoms with Gasteiger partial charge >= 0.3 is 5.97 Å². The number of hydrogen-bond acceptors (Lipinski definition) is 2. The Morgan fingerprint density at radius 2 is 1.63 bits per heavy atom. The van der Waals surface area contributed by atoms with Gasteiger partial charge in [0.2, 0.25) is 0 Å². The number of nitrogens with zero attached hydrogens (tertiary/aromatic N) is 1. The Labute approximate surface area is 115 Å². The summed E-state index contributed by atoms with van der Waals surface area (Å²) in [6.07, 6.45) is 3.39. The molecular weight excluding hydrogens is 238 g/mol. The van der Waals surface area contributed by atoms with E-state index in [0.717, 1.165) is 42.6 Å². The maximum absolute atomic E-state index is 11.9. The minimum absolute atomic E-state index is 0.751. The van der Waals surface area contributed by atoms with Crippen molar-refractivity contribution in [3.05, 3.63) is 34.9 Å². The summed E-state index contributed by atoms with van der Waals surface area (Å²) in [5, 5.41) is 9.78. The first-order valence-electron chi connectivity index (χ1n) is 7.02. The fourth-order valence-electron chi connectivity index (χ4n) is 3.04. The number of aliphatic carboxylic acids is 1. The van der Waals surface area contributed by atoms with Crippen LogP contribution >= 0.6 is 0 Å². The predicted octanol–water partition coefficient (Wildman–Crippen LogP) is 3.09. The summed E-state index contributed by atoms with van der Waals surface area (Å²) in [5.74, 6) is -0.751. The maximum Gasteiger partial charge on any atom is 0.328 e. The van der Waals surface area contributed by atoms with Crippen molar-refractivity contribution in [3.8, 4) is 0 Å². The molecule has 1 aromatic carbocycles. The summed E-state index contributed by atoms with van der Waals surface area (Å²) in [6, 6.07) is 6.10. The third kappa shape index (κ3) is 2.66. The van der Waals surface area contributed by atoms with Crippen molar-refractivity contribution >= 4 is 5.97 Å². The van der Waals surface area contributed by atoms with E-state index in [1.54, 1.807) is 0 Å². The number of carboxylic acids is 1. The summed E-state index contributed by atoms with van der Waals surface area (Å²) in [7, 11) is 0. The molecule has 0 spiro atoms. The van der Waals surface area contributed by atoms with Crippen molar-refractivity contribution < 1.29 is 9.90 Å². The zero-order valence-corrected chi connectivity index (χ0v) is 12.1. The Bertz CT molecular complexity index is 457. The predicted molar refractivity (Wildman–Crippen MR) is 76.3 cm³/mol. The van der Waals surface area contributed by atoms with Crippen LogP contribution in [0, 0.1) is 13.8 Å². The monoisotopic (exact) mass is 261 g/mol. The van der Waals surface area contributed by atoms with Crippen LogP contribution < -0.4 is 0 Å². The van der Waals surface area contributed by atoms with Crippen LogP contribution in [0.4, 0.5) is 0 Å². The number of piperidine rings is 1. The van der Waals surface area contributed by atoms with Crippen LogP contribution in [0.5, 0.6) is 0 Å². The van der Waals surface area contributed by atoms with Gasteiger partial charge in [-0.25, -0.2) is 4.79 Å². The van der Waals surface area contributed by atoms with Gasteiger partial charge in [-0.3, -0.25) is 4.90 Å². The lowest BCUT2D eigenvalue weighted by Gasteiger charge is -2.40. The molecule has 0 saturated carbocycles. The molecule has 1 aliphatic rings. The van der Waals surface area contributed by atoms with E-state index < -0.39 is 11.5 Å². The topological polar surface area (TPSA) is 40.5 Å². The Morgan fingerprint density at radius 3 is 2.11 bits per heavy atom. The van der Waals surface area contributed by atoms with Gasteiger partial charge in [0.15, 0.2) is 0 Å². The smallest absolute Gasteiger partial charge is 0.328 e. The molecule has 1 aromatic rings. The number of aryl methyl sites for hydroxylation is 2. The van der Waals surface area contributed by atoms with Crippen molar-refractivity contribution in [1.29, 1.82) is 0 Å². The van der Waals surface area contributed by atoms with Crippen LogP contribution in [-0.4, -0.2) is 29.1 Å². The Hall–Kier alpha value is -1.35. The Balaban J connectivity index is 2.45. The molecule has 2 rings (SSSR count). The number of rotatable bonds is 3. The fourth-order valence-corrected chi connectivity index (χ4v) is 3.04. The van der Waals surface area contributed by atoms with E-state index in [-0.39, 0.29) is 0 Å². The van der Waals surface area contributed by atoms with Gasteiger partial charge in [0, 0.05) is 0 Å². The Kier molecular flexibility index (Phi) is 3.95. The van der Waals surface area contributed by atoms with E-state index in [1.165, 1.54) is 6.42 Å². The number of hydrogen-bond donors (Lipinski definition) is 1. The summed E-state index contributed by atoms with van der Waals surface area (Å²) in [6.45, 7) is 7.63. The average molecular weight is 261 g/mol. The second-order valence-electron chi connectivity index (χ2n) is 5.80. The van der Waals surface area contributed by atoms with Crippen molar-refractivity contribution in [1.82, 2.24) is 4.90 Å². The number of likely N-dealkylation sites (tertiary alicyclic amines) is 1. The van der Waals surface area contributed by atoms with Crippen LogP contribution in [-0.2, 0) is 10.3 Å². The third-order valence-corrected chi connectivity index (χ3v) is 4.19. The van der Waals surface area contributed by atoms with Gasteiger partial charge in [0.25, 0.3) is 0 Å². The van der Waals surface area contributed by atoms with Crippen LogP contribution in [0.25, 0.3) is 0 Å². The van der Waals surface area contributed by atoms with Gasteiger partial charge in [0.1, 0.15) is 5.54 Å². The van der Waals surface area contributed by atoms with Gasteiger partial charge in [-0.15, -0.1) is 0 Å². The zero-order valence-electron chi connectivity index (χ0n) is 12.1. The first-order chi connectivity index (χ1) is 8.94. The molecule has 19 heavy (non-hydrogen) atoms. The quantitative estimate of drug-likeness (QED) is 0.909. The van der Waals surface area contributed by atoms with Crippen LogP contribution in [0.15, 0.2) is 18.2 Å². The lowest BCUT2D eigenvalue weighted by Crippen LogP contribution is -2.51. The van der Waals surface area contributed by atoms with E-state index in [2.05, 4.69) is 11.0 Å². The summed E-state index contributed by atoms with van der Waals surface area (Å²) >= 11 is 0. The zero-order chi connectivity index (χ0) is 14.0. The molecule has 0 aliphatic carbocycles. The molecule has 3 heteroatoms. The second kappa shape index (κ2) is 5.33. The van der Waals surface area contributed by atoms with Gasteiger partial charge < -0.3 is 5.11 Å². The molecule has 0 amide bonds. The summed E-state index contributed by atoms with van der Waals surface area (Å²) < 4.78 is 0. The van der Waals surface area contributed by atoms with Crippen molar-refractivity contribution in [2.24, 2.45) is 0 Å². The number of carboxylic acid groups (broad SMARTS) is 1. The molecule has 1 fully saturated rings. The molecule has 0 bridgehead atoms. The van der Waals surface area contributed by atoms with E-state index in [4.69, 9.17) is 0 Å². The Morgan fingerprint density at radius 1 is 1.11 bits per heavy atom. The van der Waals surface area contributed by atoms with Crippen LogP contribution in [0.1, 0.15) is 42.9 Å². The highest BCUT2D eigenvalue weighted by molar-refractivity contribution is 5.80. The lowest BCUT2D eigenvalue weighted by molar-refractivity contribution is -0.152. The molecule has 1 heterocycles. The van der Waals surface area contributed by atoms with Crippen molar-refractivity contribution in [3.63, 3.8) is 0 Å². The van der Waals surface area contributed by atoms with Crippen molar-refractivity contribution in [2.75, 3.05) is 13.1 Å². The number of carbonyl (C=O) groups is 1. The first kappa shape index (κ1) is 14.1. The molecule has 1 saturated heterocycles. The maximum atomic E-state index is 11.9. The van der Waals surface area contributed by atoms with Crippen LogP contribution in [0.2, 0.25) is 0 Å². The molecular formula is C16H23NO2. The molecule has 3 nitrogen and oxygen atoms in total. The number of benzene rings is 1. The minimum atomic E-state index is -0.906. The molecule has 1 atom stereocenters. The molecule has 1 aliphatic heterocycles. The van der Waals surface area contributed by atoms with E-state index in [1.807, 2.05) is 32.9 Å². The van der Waals surface area contributed by atoms with Gasteiger partial charge in [-0.1, -0.05) is 35.7 Å². The normalized spacial score (nSPS) is 19.9. The molecule has 104 valence electrons. The minimum Gasteiger partial charge on any atom is -0.480 e. The highest BCUT2D eigenvalue weighted by Gasteiger charge is 2.41. The molecule has 1 N–H and O–H groups in total. The lowest BCUT2D eigenvalue weighted by atomic mass is 9.86. The standard InChI is InChI=1S/C16H23NO2/c1-12-9-13(2)11-14(10-12)16(3,15(18)19)17-7-5-4-6-8-17/h9-11H,4-8H2,1-3H3,(H,18,19). The fraction of sp³-hybridized carbons (Fsp3) is 0.562. The second-order valence-corrected chi connectivity index (χ2v) is 5.80. The van der Waals surface area contributed by atoms with E-state index >= 15 is 0 Å². The highest BCUT2D eigenvalue weighted by Crippen LogP contribution is 2.32.